The number of amides is 1. The number of hydrogen-bond donors (Lipinski definition) is 1. The van der Waals surface area contributed by atoms with Crippen molar-refractivity contribution in [3.05, 3.63) is 33.7 Å². The molecule has 3 aromatic rings. The van der Waals surface area contributed by atoms with Crippen molar-refractivity contribution in [1.29, 1.82) is 0 Å². The quantitative estimate of drug-likeness (QED) is 0.743. The highest BCUT2D eigenvalue weighted by Crippen LogP contribution is 2.30. The number of aryl methyl sites for hydroxylation is 1. The Bertz CT molecular complexity index is 802. The molecule has 0 saturated heterocycles. The Labute approximate surface area is 127 Å². The van der Waals surface area contributed by atoms with Gasteiger partial charge in [-0.3, -0.25) is 4.90 Å². The minimum atomic E-state index is -1.17. The molecule has 0 aliphatic rings. The molecule has 9 heteroatoms. The van der Waals surface area contributed by atoms with Crippen LogP contribution in [0.2, 0.25) is 5.28 Å². The normalized spacial score (nSPS) is 11.0. The van der Waals surface area contributed by atoms with Gasteiger partial charge in [0.15, 0.2) is 11.4 Å². The van der Waals surface area contributed by atoms with Crippen LogP contribution in [0.3, 0.4) is 0 Å². The van der Waals surface area contributed by atoms with Crippen LogP contribution in [0.5, 0.6) is 0 Å². The van der Waals surface area contributed by atoms with Crippen molar-refractivity contribution in [3.63, 3.8) is 0 Å². The van der Waals surface area contributed by atoms with Gasteiger partial charge in [-0.2, -0.15) is 4.98 Å². The van der Waals surface area contributed by atoms with E-state index >= 15 is 0 Å². The van der Waals surface area contributed by atoms with Gasteiger partial charge in [-0.15, -0.1) is 11.3 Å². The molecule has 0 bridgehead atoms. The Kier molecular flexibility index (Phi) is 3.48. The van der Waals surface area contributed by atoms with E-state index in [-0.39, 0.29) is 23.2 Å². The zero-order chi connectivity index (χ0) is 15.0. The molecule has 3 aromatic heterocycles. The molecule has 0 saturated carbocycles. The molecule has 7 nitrogen and oxygen atoms in total. The molecule has 0 fully saturated rings. The highest BCUT2D eigenvalue weighted by atomic mass is 35.5. The predicted molar refractivity (Wildman–Crippen MR) is 77.9 cm³/mol. The number of halogens is 1. The van der Waals surface area contributed by atoms with Crippen LogP contribution < -0.4 is 4.90 Å². The number of fused-ring (bicyclic) bond motifs is 1. The lowest BCUT2D eigenvalue weighted by Crippen LogP contribution is -2.29. The molecule has 0 radical (unpaired) electrons. The smallest absolute Gasteiger partial charge is 0.413 e. The molecule has 0 unspecified atom stereocenters. The summed E-state index contributed by atoms with van der Waals surface area (Å²) in [5, 5.41) is 11.8. The van der Waals surface area contributed by atoms with E-state index in [0.29, 0.717) is 10.5 Å². The van der Waals surface area contributed by atoms with Crippen LogP contribution in [0.1, 0.15) is 10.6 Å². The van der Waals surface area contributed by atoms with Crippen molar-refractivity contribution in [2.45, 2.75) is 13.5 Å². The zero-order valence-corrected chi connectivity index (χ0v) is 12.4. The van der Waals surface area contributed by atoms with Crippen molar-refractivity contribution in [3.8, 4) is 0 Å². The highest BCUT2D eigenvalue weighted by molar-refractivity contribution is 7.09. The topological polar surface area (TPSA) is 92.4 Å². The summed E-state index contributed by atoms with van der Waals surface area (Å²) in [7, 11) is 0. The second-order valence-corrected chi connectivity index (χ2v) is 5.52. The summed E-state index contributed by atoms with van der Waals surface area (Å²) in [6.07, 6.45) is 1.93. The van der Waals surface area contributed by atoms with E-state index in [9.17, 15) is 9.90 Å². The molecule has 108 valence electrons. The number of carbonyl (C=O) groups is 1. The number of nitrogens with zero attached hydrogens (tertiary/aromatic N) is 4. The molecule has 1 N–H and O–H groups in total. The van der Waals surface area contributed by atoms with Crippen molar-refractivity contribution >= 4 is 45.9 Å². The zero-order valence-electron chi connectivity index (χ0n) is 10.8. The third-order valence-corrected chi connectivity index (χ3v) is 3.74. The molecule has 0 atom stereocenters. The summed E-state index contributed by atoms with van der Waals surface area (Å²) >= 11 is 7.24. The van der Waals surface area contributed by atoms with Crippen LogP contribution in [0.4, 0.5) is 10.6 Å². The Morgan fingerprint density at radius 2 is 2.33 bits per heavy atom. The lowest BCUT2D eigenvalue weighted by molar-refractivity contribution is 0.201. The maximum Gasteiger partial charge on any atom is 0.413 e. The first-order chi connectivity index (χ1) is 10.1. The van der Waals surface area contributed by atoms with E-state index in [1.165, 1.54) is 17.6 Å². The summed E-state index contributed by atoms with van der Waals surface area (Å²) in [6.45, 7) is 1.86. The van der Waals surface area contributed by atoms with Gasteiger partial charge in [0.2, 0.25) is 5.28 Å². The third kappa shape index (κ3) is 2.55. The van der Waals surface area contributed by atoms with E-state index in [4.69, 9.17) is 16.0 Å². The third-order valence-electron chi connectivity index (χ3n) is 2.81. The predicted octanol–water partition coefficient (Wildman–Crippen LogP) is 3.33. The van der Waals surface area contributed by atoms with E-state index in [1.54, 1.807) is 18.5 Å². The van der Waals surface area contributed by atoms with E-state index in [2.05, 4.69) is 15.0 Å². The SMILES string of the molecule is Cc1coc2c(N(Cc3nccs3)C(=O)O)nc(Cl)nc12. The Balaban J connectivity index is 2.13. The standard InChI is InChI=1S/C12H9ClN4O3S/c1-6-5-20-9-8(6)15-11(13)16-10(9)17(12(18)19)4-7-14-2-3-21-7/h2-3,5H,4H2,1H3,(H,18,19). The molecular formula is C12H9ClN4O3S. The van der Waals surface area contributed by atoms with Crippen LogP contribution >= 0.6 is 22.9 Å². The lowest BCUT2D eigenvalue weighted by atomic mass is 10.3. The number of hydrogen-bond acceptors (Lipinski definition) is 6. The first-order valence-corrected chi connectivity index (χ1v) is 7.12. The Hall–Kier alpha value is -2.19. The molecule has 1 amide bonds. The second kappa shape index (κ2) is 5.30. The molecule has 3 rings (SSSR count). The van der Waals surface area contributed by atoms with Crippen LogP contribution in [0, 0.1) is 6.92 Å². The van der Waals surface area contributed by atoms with Crippen LogP contribution in [-0.2, 0) is 6.54 Å². The highest BCUT2D eigenvalue weighted by Gasteiger charge is 2.24. The Morgan fingerprint density at radius 3 is 3.00 bits per heavy atom. The minimum absolute atomic E-state index is 0.0348. The van der Waals surface area contributed by atoms with Crippen molar-refractivity contribution in [2.24, 2.45) is 0 Å². The largest absolute Gasteiger partial charge is 0.465 e. The molecule has 0 aliphatic heterocycles. The fourth-order valence-corrected chi connectivity index (χ4v) is 2.64. The number of carboxylic acid groups (broad SMARTS) is 1. The van der Waals surface area contributed by atoms with Crippen LogP contribution in [-0.4, -0.2) is 26.2 Å². The van der Waals surface area contributed by atoms with Gasteiger partial charge in [0.1, 0.15) is 10.5 Å². The molecule has 0 aromatic carbocycles. The lowest BCUT2D eigenvalue weighted by Gasteiger charge is -2.16. The number of thiazole rings is 1. The van der Waals surface area contributed by atoms with Crippen molar-refractivity contribution in [2.75, 3.05) is 4.90 Å². The summed E-state index contributed by atoms with van der Waals surface area (Å²) in [4.78, 5) is 24.7. The summed E-state index contributed by atoms with van der Waals surface area (Å²) < 4.78 is 5.38. The second-order valence-electron chi connectivity index (χ2n) is 4.21. The molecule has 0 aliphatic carbocycles. The van der Waals surface area contributed by atoms with Crippen molar-refractivity contribution < 1.29 is 14.3 Å². The van der Waals surface area contributed by atoms with Crippen LogP contribution in [0.25, 0.3) is 11.1 Å². The number of anilines is 1. The van der Waals surface area contributed by atoms with Gasteiger partial charge in [0.25, 0.3) is 0 Å². The van der Waals surface area contributed by atoms with Gasteiger partial charge in [-0.25, -0.2) is 14.8 Å². The molecule has 3 heterocycles. The van der Waals surface area contributed by atoms with Gasteiger partial charge in [0.05, 0.1) is 12.8 Å². The van der Waals surface area contributed by atoms with Gasteiger partial charge in [-0.1, -0.05) is 0 Å². The molecular weight excluding hydrogens is 316 g/mol. The number of aromatic nitrogens is 3. The summed E-state index contributed by atoms with van der Waals surface area (Å²) in [6, 6.07) is 0. The summed E-state index contributed by atoms with van der Waals surface area (Å²) in [5.74, 6) is 0.112. The van der Waals surface area contributed by atoms with E-state index in [1.807, 2.05) is 0 Å². The molecule has 0 spiro atoms. The van der Waals surface area contributed by atoms with Gasteiger partial charge >= 0.3 is 6.09 Å². The fraction of sp³-hybridized carbons (Fsp3) is 0.167. The van der Waals surface area contributed by atoms with E-state index in [0.717, 1.165) is 10.5 Å². The average Bonchev–Trinajstić information content (AvgIpc) is 3.06. The maximum atomic E-state index is 11.5. The fourth-order valence-electron chi connectivity index (χ4n) is 1.87. The average molecular weight is 325 g/mol. The van der Waals surface area contributed by atoms with Crippen molar-refractivity contribution in [1.82, 2.24) is 15.0 Å². The number of furan rings is 1. The van der Waals surface area contributed by atoms with Gasteiger partial charge < -0.3 is 9.52 Å². The number of rotatable bonds is 3. The monoisotopic (exact) mass is 324 g/mol. The van der Waals surface area contributed by atoms with Gasteiger partial charge in [0, 0.05) is 17.1 Å². The van der Waals surface area contributed by atoms with Crippen LogP contribution in [0.15, 0.2) is 22.3 Å². The van der Waals surface area contributed by atoms with Gasteiger partial charge in [-0.05, 0) is 18.5 Å². The van der Waals surface area contributed by atoms with E-state index < -0.39 is 6.09 Å². The first-order valence-electron chi connectivity index (χ1n) is 5.86. The molecule has 21 heavy (non-hydrogen) atoms. The minimum Gasteiger partial charge on any atom is -0.465 e. The Morgan fingerprint density at radius 1 is 1.52 bits per heavy atom. The first kappa shape index (κ1) is 13.8. The summed E-state index contributed by atoms with van der Waals surface area (Å²) in [5.41, 5.74) is 1.54. The maximum absolute atomic E-state index is 11.5.